The zero-order valence-corrected chi connectivity index (χ0v) is 9.13. The fourth-order valence-electron chi connectivity index (χ4n) is 1.49. The van der Waals surface area contributed by atoms with Gasteiger partial charge in [-0.25, -0.2) is 0 Å². The van der Waals surface area contributed by atoms with Crippen molar-refractivity contribution in [2.24, 2.45) is 7.05 Å². The SMILES string of the molecule is Cn1nccc1CNCC(O)c1ccco1. The van der Waals surface area contributed by atoms with Gasteiger partial charge in [-0.1, -0.05) is 0 Å². The van der Waals surface area contributed by atoms with Gasteiger partial charge in [0.15, 0.2) is 0 Å². The van der Waals surface area contributed by atoms with Gasteiger partial charge in [-0.2, -0.15) is 5.10 Å². The van der Waals surface area contributed by atoms with Gasteiger partial charge in [0.2, 0.25) is 0 Å². The van der Waals surface area contributed by atoms with Crippen LogP contribution in [0.3, 0.4) is 0 Å². The lowest BCUT2D eigenvalue weighted by molar-refractivity contribution is 0.147. The van der Waals surface area contributed by atoms with E-state index in [2.05, 4.69) is 10.4 Å². The maximum Gasteiger partial charge on any atom is 0.133 e. The minimum Gasteiger partial charge on any atom is -0.467 e. The molecule has 16 heavy (non-hydrogen) atoms. The number of hydrogen-bond acceptors (Lipinski definition) is 4. The van der Waals surface area contributed by atoms with Gasteiger partial charge in [-0.3, -0.25) is 4.68 Å². The highest BCUT2D eigenvalue weighted by atomic mass is 16.4. The molecule has 0 bridgehead atoms. The molecule has 2 rings (SSSR count). The lowest BCUT2D eigenvalue weighted by Crippen LogP contribution is -2.22. The van der Waals surface area contributed by atoms with E-state index in [1.165, 1.54) is 0 Å². The summed E-state index contributed by atoms with van der Waals surface area (Å²) in [5, 5.41) is 16.9. The average Bonchev–Trinajstić information content (AvgIpc) is 2.90. The summed E-state index contributed by atoms with van der Waals surface area (Å²) in [4.78, 5) is 0. The standard InChI is InChI=1S/C11H15N3O2/c1-14-9(4-5-13-14)7-12-8-10(15)11-3-2-6-16-11/h2-6,10,12,15H,7-8H2,1H3. The van der Waals surface area contributed by atoms with Crippen molar-refractivity contribution in [2.75, 3.05) is 6.54 Å². The van der Waals surface area contributed by atoms with Gasteiger partial charge in [-0.05, 0) is 18.2 Å². The van der Waals surface area contributed by atoms with Crippen LogP contribution in [0.15, 0.2) is 35.1 Å². The second kappa shape index (κ2) is 4.96. The molecule has 86 valence electrons. The summed E-state index contributed by atoms with van der Waals surface area (Å²) >= 11 is 0. The Labute approximate surface area is 93.7 Å². The van der Waals surface area contributed by atoms with Crippen molar-refractivity contribution in [2.45, 2.75) is 12.6 Å². The zero-order chi connectivity index (χ0) is 11.4. The Balaban J connectivity index is 1.78. The smallest absolute Gasteiger partial charge is 0.133 e. The summed E-state index contributed by atoms with van der Waals surface area (Å²) < 4.78 is 6.90. The zero-order valence-electron chi connectivity index (χ0n) is 9.13. The van der Waals surface area contributed by atoms with Gasteiger partial charge in [0.05, 0.1) is 12.0 Å². The number of aryl methyl sites for hydroxylation is 1. The first-order valence-electron chi connectivity index (χ1n) is 5.16. The Bertz CT molecular complexity index is 422. The fraction of sp³-hybridized carbons (Fsp3) is 0.364. The third kappa shape index (κ3) is 2.50. The number of rotatable bonds is 5. The summed E-state index contributed by atoms with van der Waals surface area (Å²) in [7, 11) is 1.89. The molecular formula is C11H15N3O2. The molecule has 0 aliphatic heterocycles. The number of aliphatic hydroxyl groups excluding tert-OH is 1. The van der Waals surface area contributed by atoms with Crippen LogP contribution in [0.25, 0.3) is 0 Å². The Morgan fingerprint density at radius 1 is 1.56 bits per heavy atom. The van der Waals surface area contributed by atoms with Gasteiger partial charge < -0.3 is 14.8 Å². The number of aromatic nitrogens is 2. The van der Waals surface area contributed by atoms with Crippen LogP contribution in [0, 0.1) is 0 Å². The Morgan fingerprint density at radius 3 is 3.06 bits per heavy atom. The molecule has 0 aliphatic rings. The number of hydrogen-bond donors (Lipinski definition) is 2. The predicted octanol–water partition coefficient (Wildman–Crippen LogP) is 0.836. The van der Waals surface area contributed by atoms with Crippen LogP contribution in [0.1, 0.15) is 17.6 Å². The highest BCUT2D eigenvalue weighted by Gasteiger charge is 2.09. The van der Waals surface area contributed by atoms with Crippen molar-refractivity contribution in [3.8, 4) is 0 Å². The highest BCUT2D eigenvalue weighted by Crippen LogP contribution is 2.11. The molecule has 1 unspecified atom stereocenters. The highest BCUT2D eigenvalue weighted by molar-refractivity contribution is 5.03. The van der Waals surface area contributed by atoms with Crippen molar-refractivity contribution in [1.82, 2.24) is 15.1 Å². The van der Waals surface area contributed by atoms with Crippen LogP contribution in [0.2, 0.25) is 0 Å². The number of nitrogens with zero attached hydrogens (tertiary/aromatic N) is 2. The molecule has 0 fully saturated rings. The Morgan fingerprint density at radius 2 is 2.44 bits per heavy atom. The molecule has 5 heteroatoms. The monoisotopic (exact) mass is 221 g/mol. The van der Waals surface area contributed by atoms with Gasteiger partial charge in [0, 0.05) is 26.3 Å². The van der Waals surface area contributed by atoms with Crippen LogP contribution in [0.5, 0.6) is 0 Å². The first kappa shape index (κ1) is 10.9. The van der Waals surface area contributed by atoms with Crippen LogP contribution >= 0.6 is 0 Å². The topological polar surface area (TPSA) is 63.2 Å². The second-order valence-electron chi connectivity index (χ2n) is 3.61. The molecule has 5 nitrogen and oxygen atoms in total. The van der Waals surface area contributed by atoms with E-state index >= 15 is 0 Å². The van der Waals surface area contributed by atoms with E-state index in [0.29, 0.717) is 18.8 Å². The van der Waals surface area contributed by atoms with Crippen LogP contribution in [0.4, 0.5) is 0 Å². The number of furan rings is 1. The van der Waals surface area contributed by atoms with Crippen molar-refractivity contribution >= 4 is 0 Å². The van der Waals surface area contributed by atoms with E-state index in [1.54, 1.807) is 29.3 Å². The van der Waals surface area contributed by atoms with Crippen LogP contribution in [-0.2, 0) is 13.6 Å². The molecule has 2 aromatic rings. The van der Waals surface area contributed by atoms with E-state index in [0.717, 1.165) is 5.69 Å². The number of aliphatic hydroxyl groups is 1. The molecule has 0 aliphatic carbocycles. The normalized spacial score (nSPS) is 12.9. The molecule has 0 saturated heterocycles. The molecule has 2 N–H and O–H groups in total. The summed E-state index contributed by atoms with van der Waals surface area (Å²) in [5.41, 5.74) is 1.08. The van der Waals surface area contributed by atoms with E-state index in [9.17, 15) is 5.11 Å². The molecule has 0 spiro atoms. The fourth-order valence-corrected chi connectivity index (χ4v) is 1.49. The third-order valence-electron chi connectivity index (χ3n) is 2.44. The van der Waals surface area contributed by atoms with E-state index in [4.69, 9.17) is 4.42 Å². The Hall–Kier alpha value is -1.59. The third-order valence-corrected chi connectivity index (χ3v) is 2.44. The lowest BCUT2D eigenvalue weighted by atomic mass is 10.2. The molecule has 2 heterocycles. The van der Waals surface area contributed by atoms with Crippen LogP contribution in [-0.4, -0.2) is 21.4 Å². The summed E-state index contributed by atoms with van der Waals surface area (Å²) in [5.74, 6) is 0.581. The molecule has 0 aromatic carbocycles. The lowest BCUT2D eigenvalue weighted by Gasteiger charge is -2.09. The summed E-state index contributed by atoms with van der Waals surface area (Å²) in [6.07, 6.45) is 2.70. The van der Waals surface area contributed by atoms with Crippen molar-refractivity contribution in [1.29, 1.82) is 0 Å². The first-order valence-corrected chi connectivity index (χ1v) is 5.16. The van der Waals surface area contributed by atoms with E-state index in [-0.39, 0.29) is 0 Å². The van der Waals surface area contributed by atoms with Gasteiger partial charge >= 0.3 is 0 Å². The van der Waals surface area contributed by atoms with E-state index in [1.807, 2.05) is 13.1 Å². The Kier molecular flexibility index (Phi) is 3.38. The molecular weight excluding hydrogens is 206 g/mol. The maximum absolute atomic E-state index is 9.73. The molecule has 2 aromatic heterocycles. The first-order chi connectivity index (χ1) is 7.77. The molecule has 0 saturated carbocycles. The quantitative estimate of drug-likeness (QED) is 0.785. The van der Waals surface area contributed by atoms with Gasteiger partial charge in [0.1, 0.15) is 11.9 Å². The second-order valence-corrected chi connectivity index (χ2v) is 3.61. The molecule has 1 atom stereocenters. The minimum absolute atomic E-state index is 0.457. The van der Waals surface area contributed by atoms with Gasteiger partial charge in [0.25, 0.3) is 0 Å². The van der Waals surface area contributed by atoms with E-state index < -0.39 is 6.10 Å². The van der Waals surface area contributed by atoms with Crippen molar-refractivity contribution < 1.29 is 9.52 Å². The maximum atomic E-state index is 9.73. The van der Waals surface area contributed by atoms with Crippen molar-refractivity contribution in [3.63, 3.8) is 0 Å². The van der Waals surface area contributed by atoms with Crippen LogP contribution < -0.4 is 5.32 Å². The minimum atomic E-state index is -0.608. The molecule has 0 radical (unpaired) electrons. The number of nitrogens with one attached hydrogen (secondary N) is 1. The van der Waals surface area contributed by atoms with Gasteiger partial charge in [-0.15, -0.1) is 0 Å². The molecule has 0 amide bonds. The summed E-state index contributed by atoms with van der Waals surface area (Å²) in [6, 6.07) is 5.46. The predicted molar refractivity (Wildman–Crippen MR) is 58.6 cm³/mol. The summed E-state index contributed by atoms with van der Waals surface area (Å²) in [6.45, 7) is 1.13. The van der Waals surface area contributed by atoms with Crippen molar-refractivity contribution in [3.05, 3.63) is 42.1 Å². The largest absolute Gasteiger partial charge is 0.467 e. The average molecular weight is 221 g/mol.